The van der Waals surface area contributed by atoms with Crippen molar-refractivity contribution in [3.63, 3.8) is 0 Å². The molecule has 130 valence electrons. The first-order valence-electron chi connectivity index (χ1n) is 9.26. The summed E-state index contributed by atoms with van der Waals surface area (Å²) in [5.74, 6) is 2.47. The second-order valence-corrected chi connectivity index (χ2v) is 8.16. The monoisotopic (exact) mass is 329 g/mol. The van der Waals surface area contributed by atoms with Crippen LogP contribution in [0.4, 0.5) is 4.79 Å². The Kier molecular flexibility index (Phi) is 4.21. The molecular formula is C19H27N3O2. The molecule has 1 heterocycles. The molecule has 5 rings (SSSR count). The Morgan fingerprint density at radius 2 is 1.75 bits per heavy atom. The number of carbonyl (C=O) groups is 1. The summed E-state index contributed by atoms with van der Waals surface area (Å²) in [4.78, 5) is 16.3. The Morgan fingerprint density at radius 1 is 1.17 bits per heavy atom. The molecule has 0 saturated heterocycles. The third kappa shape index (κ3) is 3.27. The summed E-state index contributed by atoms with van der Waals surface area (Å²) in [5.41, 5.74) is 0.885. The highest BCUT2D eigenvalue weighted by molar-refractivity contribution is 5.74. The number of aliphatic hydroxyl groups is 1. The van der Waals surface area contributed by atoms with E-state index in [0.29, 0.717) is 13.0 Å². The zero-order valence-corrected chi connectivity index (χ0v) is 14.1. The molecular weight excluding hydrogens is 302 g/mol. The van der Waals surface area contributed by atoms with E-state index >= 15 is 0 Å². The molecule has 3 N–H and O–H groups in total. The fourth-order valence-electron chi connectivity index (χ4n) is 5.62. The molecule has 0 radical (unpaired) electrons. The highest BCUT2D eigenvalue weighted by Gasteiger charge is 2.51. The number of amides is 2. The molecule has 1 aromatic heterocycles. The number of hydrogen-bond acceptors (Lipinski definition) is 3. The number of aromatic nitrogens is 1. The lowest BCUT2D eigenvalue weighted by Gasteiger charge is -2.56. The SMILES string of the molecule is O=C(NCCC(O)c1ccncc1)NC12CC3CC(CC(C3)C1)C2. The Bertz CT molecular complexity index is 554. The molecule has 4 bridgehead atoms. The van der Waals surface area contributed by atoms with Crippen LogP contribution in [-0.4, -0.2) is 28.2 Å². The molecule has 5 heteroatoms. The first kappa shape index (κ1) is 15.9. The third-order valence-corrected chi connectivity index (χ3v) is 6.21. The number of rotatable bonds is 5. The minimum absolute atomic E-state index is 0.0442. The maximum absolute atomic E-state index is 12.3. The highest BCUT2D eigenvalue weighted by Crippen LogP contribution is 2.55. The van der Waals surface area contributed by atoms with E-state index in [2.05, 4.69) is 15.6 Å². The summed E-state index contributed by atoms with van der Waals surface area (Å²) in [6, 6.07) is 3.54. The van der Waals surface area contributed by atoms with Crippen molar-refractivity contribution >= 4 is 6.03 Å². The normalized spacial score (nSPS) is 34.8. The Morgan fingerprint density at radius 3 is 2.33 bits per heavy atom. The summed E-state index contributed by atoms with van der Waals surface area (Å²) in [5, 5.41) is 16.4. The Labute approximate surface area is 143 Å². The number of pyridine rings is 1. The summed E-state index contributed by atoms with van der Waals surface area (Å²) >= 11 is 0. The van der Waals surface area contributed by atoms with Gasteiger partial charge in [0.1, 0.15) is 0 Å². The molecule has 0 spiro atoms. The third-order valence-electron chi connectivity index (χ3n) is 6.21. The van der Waals surface area contributed by atoms with Gasteiger partial charge in [0.05, 0.1) is 6.10 Å². The van der Waals surface area contributed by atoms with Gasteiger partial charge in [-0.2, -0.15) is 0 Å². The van der Waals surface area contributed by atoms with E-state index in [0.717, 1.165) is 42.6 Å². The minimum Gasteiger partial charge on any atom is -0.388 e. The molecule has 1 aromatic rings. The van der Waals surface area contributed by atoms with E-state index in [1.807, 2.05) is 0 Å². The van der Waals surface area contributed by atoms with Gasteiger partial charge in [0, 0.05) is 24.5 Å². The number of urea groups is 1. The lowest BCUT2D eigenvalue weighted by molar-refractivity contribution is -0.0135. The second kappa shape index (κ2) is 6.36. The van der Waals surface area contributed by atoms with Crippen LogP contribution in [0.2, 0.25) is 0 Å². The maximum atomic E-state index is 12.3. The molecule has 1 unspecified atom stereocenters. The van der Waals surface area contributed by atoms with E-state index in [4.69, 9.17) is 0 Å². The van der Waals surface area contributed by atoms with Crippen molar-refractivity contribution < 1.29 is 9.90 Å². The van der Waals surface area contributed by atoms with Crippen molar-refractivity contribution in [3.05, 3.63) is 30.1 Å². The molecule has 4 saturated carbocycles. The van der Waals surface area contributed by atoms with Crippen molar-refractivity contribution in [1.29, 1.82) is 0 Å². The van der Waals surface area contributed by atoms with Gasteiger partial charge in [0.2, 0.25) is 0 Å². The lowest BCUT2D eigenvalue weighted by Crippen LogP contribution is -2.61. The number of aliphatic hydroxyl groups excluding tert-OH is 1. The van der Waals surface area contributed by atoms with Gasteiger partial charge in [-0.05, 0) is 80.4 Å². The van der Waals surface area contributed by atoms with Crippen LogP contribution in [0.25, 0.3) is 0 Å². The highest BCUT2D eigenvalue weighted by atomic mass is 16.3. The van der Waals surface area contributed by atoms with Crippen molar-refractivity contribution in [1.82, 2.24) is 15.6 Å². The summed E-state index contributed by atoms with van der Waals surface area (Å²) in [6.45, 7) is 0.474. The first-order chi connectivity index (χ1) is 11.6. The van der Waals surface area contributed by atoms with E-state index in [1.54, 1.807) is 24.5 Å². The molecule has 4 aliphatic rings. The summed E-state index contributed by atoms with van der Waals surface area (Å²) in [6.07, 6.45) is 10.9. The van der Waals surface area contributed by atoms with Gasteiger partial charge in [-0.3, -0.25) is 4.98 Å². The Balaban J connectivity index is 1.25. The van der Waals surface area contributed by atoms with Gasteiger partial charge in [-0.25, -0.2) is 4.79 Å². The number of nitrogens with zero attached hydrogens (tertiary/aromatic N) is 1. The molecule has 5 nitrogen and oxygen atoms in total. The van der Waals surface area contributed by atoms with Crippen molar-refractivity contribution in [2.75, 3.05) is 6.54 Å². The van der Waals surface area contributed by atoms with Gasteiger partial charge >= 0.3 is 6.03 Å². The van der Waals surface area contributed by atoms with Gasteiger partial charge in [-0.1, -0.05) is 0 Å². The van der Waals surface area contributed by atoms with Crippen LogP contribution in [0, 0.1) is 17.8 Å². The van der Waals surface area contributed by atoms with Crippen molar-refractivity contribution in [2.45, 2.75) is 56.6 Å². The van der Waals surface area contributed by atoms with Gasteiger partial charge in [0.15, 0.2) is 0 Å². The van der Waals surface area contributed by atoms with Crippen LogP contribution in [-0.2, 0) is 0 Å². The zero-order chi connectivity index (χ0) is 16.6. The van der Waals surface area contributed by atoms with Crippen LogP contribution in [0.1, 0.15) is 56.6 Å². The smallest absolute Gasteiger partial charge is 0.315 e. The Hall–Kier alpha value is -1.62. The second-order valence-electron chi connectivity index (χ2n) is 8.16. The molecule has 0 aromatic carbocycles. The van der Waals surface area contributed by atoms with E-state index in [9.17, 15) is 9.90 Å². The van der Waals surface area contributed by atoms with Crippen LogP contribution in [0.3, 0.4) is 0 Å². The van der Waals surface area contributed by atoms with Crippen molar-refractivity contribution in [2.24, 2.45) is 17.8 Å². The van der Waals surface area contributed by atoms with Gasteiger partial charge in [0.25, 0.3) is 0 Å². The molecule has 0 aliphatic heterocycles. The van der Waals surface area contributed by atoms with Crippen LogP contribution < -0.4 is 10.6 Å². The van der Waals surface area contributed by atoms with E-state index in [1.165, 1.54) is 19.3 Å². The molecule has 2 amide bonds. The van der Waals surface area contributed by atoms with Crippen LogP contribution in [0.5, 0.6) is 0 Å². The molecule has 4 fully saturated rings. The predicted molar refractivity (Wildman–Crippen MR) is 91.3 cm³/mol. The number of hydrogen-bond donors (Lipinski definition) is 3. The predicted octanol–water partition coefficient (Wildman–Crippen LogP) is 2.77. The topological polar surface area (TPSA) is 74.2 Å². The maximum Gasteiger partial charge on any atom is 0.315 e. The molecule has 1 atom stereocenters. The van der Waals surface area contributed by atoms with Gasteiger partial charge in [-0.15, -0.1) is 0 Å². The zero-order valence-electron chi connectivity index (χ0n) is 14.1. The fourth-order valence-corrected chi connectivity index (χ4v) is 5.62. The quantitative estimate of drug-likeness (QED) is 0.777. The average Bonchev–Trinajstić information content (AvgIpc) is 2.53. The number of nitrogens with one attached hydrogen (secondary N) is 2. The van der Waals surface area contributed by atoms with E-state index < -0.39 is 6.10 Å². The molecule has 24 heavy (non-hydrogen) atoms. The van der Waals surface area contributed by atoms with Crippen LogP contribution >= 0.6 is 0 Å². The summed E-state index contributed by atoms with van der Waals surface area (Å²) in [7, 11) is 0. The average molecular weight is 329 g/mol. The van der Waals surface area contributed by atoms with Crippen molar-refractivity contribution in [3.8, 4) is 0 Å². The summed E-state index contributed by atoms with van der Waals surface area (Å²) < 4.78 is 0. The van der Waals surface area contributed by atoms with Gasteiger partial charge < -0.3 is 15.7 Å². The fraction of sp³-hybridized carbons (Fsp3) is 0.684. The molecule has 4 aliphatic carbocycles. The standard InChI is InChI=1S/C19H27N3O2/c23-17(16-1-4-20-5-2-16)3-6-21-18(24)22-19-10-13-7-14(11-19)9-15(8-13)12-19/h1-2,4-5,13-15,17,23H,3,6-12H2,(H2,21,22,24). The van der Waals surface area contributed by atoms with E-state index in [-0.39, 0.29) is 11.6 Å². The first-order valence-corrected chi connectivity index (χ1v) is 9.26. The lowest BCUT2D eigenvalue weighted by atomic mass is 9.53. The largest absolute Gasteiger partial charge is 0.388 e. The number of carbonyl (C=O) groups excluding carboxylic acids is 1. The van der Waals surface area contributed by atoms with Crippen LogP contribution in [0.15, 0.2) is 24.5 Å². The minimum atomic E-state index is -0.562.